The minimum Gasteiger partial charge on any atom is -0.368 e. The van der Waals surface area contributed by atoms with Crippen molar-refractivity contribution >= 4 is 23.2 Å². The van der Waals surface area contributed by atoms with Gasteiger partial charge in [0.15, 0.2) is 0 Å². The van der Waals surface area contributed by atoms with E-state index in [2.05, 4.69) is 41.5 Å². The third-order valence-electron chi connectivity index (χ3n) is 6.03. The molecule has 2 unspecified atom stereocenters. The normalized spacial score (nSPS) is 23.5. The van der Waals surface area contributed by atoms with Crippen molar-refractivity contribution in [1.82, 2.24) is 10.2 Å². The zero-order valence-electron chi connectivity index (χ0n) is 17.1. The predicted molar refractivity (Wildman–Crippen MR) is 119 cm³/mol. The Morgan fingerprint density at radius 1 is 1.33 bits per heavy atom. The van der Waals surface area contributed by atoms with Crippen LogP contribution in [0.25, 0.3) is 10.4 Å². The number of amides is 2. The number of hydrogen-bond acceptors (Lipinski definition) is 4. The highest BCUT2D eigenvalue weighted by Gasteiger charge is 2.47. The van der Waals surface area contributed by atoms with Crippen LogP contribution in [-0.2, 0) is 20.7 Å². The Bertz CT molecular complexity index is 905. The Hall–Kier alpha value is -2.44. The van der Waals surface area contributed by atoms with E-state index in [9.17, 15) is 9.59 Å². The van der Waals surface area contributed by atoms with Gasteiger partial charge in [-0.25, -0.2) is 0 Å². The van der Waals surface area contributed by atoms with E-state index in [4.69, 9.17) is 4.74 Å². The van der Waals surface area contributed by atoms with Gasteiger partial charge in [-0.05, 0) is 48.3 Å². The molecule has 0 bridgehead atoms. The van der Waals surface area contributed by atoms with Crippen molar-refractivity contribution in [2.45, 2.75) is 31.8 Å². The average molecular weight is 425 g/mol. The maximum absolute atomic E-state index is 13.2. The van der Waals surface area contributed by atoms with Gasteiger partial charge in [0.05, 0.1) is 5.41 Å². The monoisotopic (exact) mass is 424 g/mol. The van der Waals surface area contributed by atoms with Crippen molar-refractivity contribution in [1.29, 1.82) is 0 Å². The molecule has 0 aliphatic carbocycles. The van der Waals surface area contributed by atoms with Gasteiger partial charge in [-0.15, -0.1) is 17.9 Å². The number of ether oxygens (including phenoxy) is 1. The van der Waals surface area contributed by atoms with Crippen LogP contribution in [0.2, 0.25) is 0 Å². The van der Waals surface area contributed by atoms with Gasteiger partial charge >= 0.3 is 0 Å². The number of nitrogens with zero attached hydrogens (tertiary/aromatic N) is 1. The number of hydrogen-bond donors (Lipinski definition) is 1. The highest BCUT2D eigenvalue weighted by Crippen LogP contribution is 2.37. The standard InChI is InChI=1S/C24H28N2O3S/c1-2-11-25-23(28)24(10-12-26(17-24)22(27)20-8-4-13-29-20)16-18-6-3-7-19(15-18)21-9-5-14-30-21/h2-3,5-7,9,14-15,20H,1,4,8,10-13,16-17H2,(H,25,28). The average Bonchev–Trinajstić information content (AvgIpc) is 3.54. The van der Waals surface area contributed by atoms with Crippen molar-refractivity contribution in [2.24, 2.45) is 5.41 Å². The van der Waals surface area contributed by atoms with Crippen molar-refractivity contribution in [2.75, 3.05) is 26.2 Å². The summed E-state index contributed by atoms with van der Waals surface area (Å²) in [6, 6.07) is 12.5. The number of nitrogens with one attached hydrogen (secondary N) is 1. The molecule has 5 nitrogen and oxygen atoms in total. The summed E-state index contributed by atoms with van der Waals surface area (Å²) in [7, 11) is 0. The molecule has 1 aromatic carbocycles. The van der Waals surface area contributed by atoms with Crippen LogP contribution in [0.15, 0.2) is 54.4 Å². The first-order valence-corrected chi connectivity index (χ1v) is 11.4. The molecule has 30 heavy (non-hydrogen) atoms. The molecule has 3 heterocycles. The van der Waals surface area contributed by atoms with Crippen LogP contribution in [0, 0.1) is 5.41 Å². The smallest absolute Gasteiger partial charge is 0.251 e. The Kier molecular flexibility index (Phi) is 6.35. The van der Waals surface area contributed by atoms with Crippen molar-refractivity contribution in [3.05, 3.63) is 60.0 Å². The maximum atomic E-state index is 13.2. The molecule has 0 radical (unpaired) electrons. The van der Waals surface area contributed by atoms with Crippen LogP contribution in [0.5, 0.6) is 0 Å². The lowest BCUT2D eigenvalue weighted by atomic mass is 9.79. The summed E-state index contributed by atoms with van der Waals surface area (Å²) in [4.78, 5) is 29.1. The molecule has 4 rings (SSSR count). The first-order chi connectivity index (χ1) is 14.6. The first kappa shape index (κ1) is 20.8. The molecule has 0 spiro atoms. The number of likely N-dealkylation sites (tertiary alicyclic amines) is 1. The zero-order chi connectivity index (χ0) is 21.0. The molecular formula is C24H28N2O3S. The molecule has 2 aliphatic rings. The van der Waals surface area contributed by atoms with Gasteiger partial charge in [0.1, 0.15) is 6.10 Å². The van der Waals surface area contributed by atoms with E-state index in [-0.39, 0.29) is 17.9 Å². The van der Waals surface area contributed by atoms with Crippen molar-refractivity contribution in [3.8, 4) is 10.4 Å². The Morgan fingerprint density at radius 3 is 2.97 bits per heavy atom. The molecule has 1 N–H and O–H groups in total. The number of carbonyl (C=O) groups is 2. The van der Waals surface area contributed by atoms with Gasteiger partial charge in [0.25, 0.3) is 5.91 Å². The molecule has 6 heteroatoms. The summed E-state index contributed by atoms with van der Waals surface area (Å²) in [5.74, 6) is 0.0183. The molecule has 2 fully saturated rings. The third kappa shape index (κ3) is 4.35. The second kappa shape index (κ2) is 9.14. The molecule has 2 aromatic rings. The molecule has 1 aromatic heterocycles. The summed E-state index contributed by atoms with van der Waals surface area (Å²) >= 11 is 1.71. The van der Waals surface area contributed by atoms with E-state index in [1.807, 2.05) is 17.0 Å². The summed E-state index contributed by atoms with van der Waals surface area (Å²) in [5, 5.41) is 5.05. The van der Waals surface area contributed by atoms with Gasteiger partial charge < -0.3 is 15.0 Å². The maximum Gasteiger partial charge on any atom is 0.251 e. The molecule has 2 saturated heterocycles. The summed E-state index contributed by atoms with van der Waals surface area (Å²) in [6.07, 6.45) is 4.28. The van der Waals surface area contributed by atoms with Gasteiger partial charge in [-0.2, -0.15) is 0 Å². The fourth-order valence-corrected chi connectivity index (χ4v) is 5.19. The second-order valence-corrected chi connectivity index (χ2v) is 9.09. The molecule has 2 aliphatic heterocycles. The van der Waals surface area contributed by atoms with E-state index in [0.29, 0.717) is 39.1 Å². The van der Waals surface area contributed by atoms with Gasteiger partial charge in [0, 0.05) is 31.1 Å². The Balaban J connectivity index is 1.56. The molecule has 2 atom stereocenters. The highest BCUT2D eigenvalue weighted by molar-refractivity contribution is 7.13. The number of rotatable bonds is 7. The summed E-state index contributed by atoms with van der Waals surface area (Å²) < 4.78 is 5.59. The third-order valence-corrected chi connectivity index (χ3v) is 6.95. The van der Waals surface area contributed by atoms with Crippen molar-refractivity contribution < 1.29 is 14.3 Å². The Labute approximate surface area is 181 Å². The van der Waals surface area contributed by atoms with E-state index >= 15 is 0 Å². The van der Waals surface area contributed by atoms with Gasteiger partial charge in [-0.3, -0.25) is 9.59 Å². The lowest BCUT2D eigenvalue weighted by molar-refractivity contribution is -0.141. The van der Waals surface area contributed by atoms with E-state index in [1.54, 1.807) is 17.4 Å². The fraction of sp³-hybridized carbons (Fsp3) is 0.417. The fourth-order valence-electron chi connectivity index (χ4n) is 4.47. The molecular weight excluding hydrogens is 396 g/mol. The van der Waals surface area contributed by atoms with Crippen LogP contribution in [0.4, 0.5) is 0 Å². The van der Waals surface area contributed by atoms with Crippen LogP contribution >= 0.6 is 11.3 Å². The minimum absolute atomic E-state index is 0.00781. The number of carbonyl (C=O) groups excluding carboxylic acids is 2. The second-order valence-electron chi connectivity index (χ2n) is 8.14. The molecule has 158 valence electrons. The predicted octanol–water partition coefficient (Wildman–Crippen LogP) is 3.66. The van der Waals surface area contributed by atoms with Gasteiger partial charge in [-0.1, -0.05) is 36.4 Å². The van der Waals surface area contributed by atoms with Crippen LogP contribution < -0.4 is 5.32 Å². The van der Waals surface area contributed by atoms with Crippen LogP contribution in [0.1, 0.15) is 24.8 Å². The molecule has 0 saturated carbocycles. The Morgan fingerprint density at radius 2 is 2.23 bits per heavy atom. The molecule has 2 amide bonds. The minimum atomic E-state index is -0.634. The van der Waals surface area contributed by atoms with E-state index in [0.717, 1.165) is 24.0 Å². The van der Waals surface area contributed by atoms with Gasteiger partial charge in [0.2, 0.25) is 5.91 Å². The topological polar surface area (TPSA) is 58.6 Å². The van der Waals surface area contributed by atoms with E-state index in [1.165, 1.54) is 4.88 Å². The lowest BCUT2D eigenvalue weighted by Gasteiger charge is -2.29. The SMILES string of the molecule is C=CCNC(=O)C1(Cc2cccc(-c3cccs3)c2)CCN(C(=O)C2CCCO2)C1. The quantitative estimate of drug-likeness (QED) is 0.690. The largest absolute Gasteiger partial charge is 0.368 e. The number of thiophene rings is 1. The number of benzene rings is 1. The van der Waals surface area contributed by atoms with Crippen LogP contribution in [-0.4, -0.2) is 49.1 Å². The lowest BCUT2D eigenvalue weighted by Crippen LogP contribution is -2.46. The highest BCUT2D eigenvalue weighted by atomic mass is 32.1. The summed E-state index contributed by atoms with van der Waals surface area (Å²) in [6.45, 7) is 5.79. The van der Waals surface area contributed by atoms with Crippen molar-refractivity contribution in [3.63, 3.8) is 0 Å². The zero-order valence-corrected chi connectivity index (χ0v) is 18.0. The summed E-state index contributed by atoms with van der Waals surface area (Å²) in [5.41, 5.74) is 1.64. The first-order valence-electron chi connectivity index (χ1n) is 10.5. The van der Waals surface area contributed by atoms with E-state index < -0.39 is 5.41 Å². The van der Waals surface area contributed by atoms with Crippen LogP contribution in [0.3, 0.4) is 0 Å².